The topological polar surface area (TPSA) is 127 Å². The van der Waals surface area contributed by atoms with Gasteiger partial charge in [0.1, 0.15) is 11.3 Å². The fourth-order valence-corrected chi connectivity index (χ4v) is 4.61. The van der Waals surface area contributed by atoms with Crippen LogP contribution in [0.3, 0.4) is 0 Å². The second-order valence-corrected chi connectivity index (χ2v) is 10.6. The van der Waals surface area contributed by atoms with Crippen molar-refractivity contribution in [2.24, 2.45) is 5.14 Å². The third kappa shape index (κ3) is 5.04. The van der Waals surface area contributed by atoms with Crippen LogP contribution >= 0.6 is 0 Å². The lowest BCUT2D eigenvalue weighted by Crippen LogP contribution is -2.38. The van der Waals surface area contributed by atoms with Crippen LogP contribution in [0.15, 0.2) is 35.2 Å². The molecule has 9 heteroatoms. The van der Waals surface area contributed by atoms with Crippen LogP contribution in [0.2, 0.25) is 0 Å². The predicted molar refractivity (Wildman–Crippen MR) is 125 cm³/mol. The number of nitrogens with two attached hydrogens (primary N) is 1. The van der Waals surface area contributed by atoms with E-state index in [1.807, 2.05) is 40.7 Å². The van der Waals surface area contributed by atoms with Gasteiger partial charge in [-0.25, -0.2) is 18.4 Å². The van der Waals surface area contributed by atoms with Crippen molar-refractivity contribution in [1.82, 2.24) is 0 Å². The molecular weight excluding hydrogens is 444 g/mol. The third-order valence-corrected chi connectivity index (χ3v) is 6.77. The van der Waals surface area contributed by atoms with Gasteiger partial charge in [0, 0.05) is 11.7 Å². The SMILES string of the molecule is CC(C)c1cc(C(=O)OCC(=O)N2c3ccc(S(N)(=O)=O)cc3CC2C)c(O)c(C(C)C)c1. The molecule has 1 atom stereocenters. The van der Waals surface area contributed by atoms with E-state index in [0.717, 1.165) is 5.56 Å². The molecule has 0 radical (unpaired) electrons. The molecule has 0 saturated carbocycles. The zero-order chi connectivity index (χ0) is 24.7. The molecule has 1 amide bonds. The summed E-state index contributed by atoms with van der Waals surface area (Å²) in [5, 5.41) is 15.8. The minimum absolute atomic E-state index is 0.000981. The average Bonchev–Trinajstić information content (AvgIpc) is 3.05. The van der Waals surface area contributed by atoms with Gasteiger partial charge in [0.15, 0.2) is 6.61 Å². The first-order chi connectivity index (χ1) is 15.3. The first-order valence-corrected chi connectivity index (χ1v) is 12.4. The summed E-state index contributed by atoms with van der Waals surface area (Å²) in [5.74, 6) is -1.22. The fraction of sp³-hybridized carbons (Fsp3) is 0.417. The molecule has 0 aliphatic carbocycles. The number of amides is 1. The molecule has 1 heterocycles. The molecule has 0 aromatic heterocycles. The van der Waals surface area contributed by atoms with E-state index in [1.54, 1.807) is 6.07 Å². The molecule has 3 rings (SSSR count). The summed E-state index contributed by atoms with van der Waals surface area (Å²) < 4.78 is 28.5. The number of esters is 1. The number of carbonyl (C=O) groups excluding carboxylic acids is 2. The van der Waals surface area contributed by atoms with E-state index < -0.39 is 28.5 Å². The number of phenols is 1. The van der Waals surface area contributed by atoms with E-state index >= 15 is 0 Å². The molecule has 2 aromatic carbocycles. The van der Waals surface area contributed by atoms with Crippen molar-refractivity contribution in [3.63, 3.8) is 0 Å². The van der Waals surface area contributed by atoms with E-state index in [-0.39, 0.29) is 34.1 Å². The van der Waals surface area contributed by atoms with Crippen molar-refractivity contribution in [2.45, 2.75) is 63.8 Å². The van der Waals surface area contributed by atoms with E-state index in [9.17, 15) is 23.1 Å². The van der Waals surface area contributed by atoms with Gasteiger partial charge in [0.2, 0.25) is 10.0 Å². The van der Waals surface area contributed by atoms with Gasteiger partial charge in [-0.05, 0) is 66.1 Å². The van der Waals surface area contributed by atoms with Gasteiger partial charge < -0.3 is 14.7 Å². The number of anilines is 1. The van der Waals surface area contributed by atoms with Crippen molar-refractivity contribution in [2.75, 3.05) is 11.5 Å². The highest BCUT2D eigenvalue weighted by Gasteiger charge is 2.32. The second kappa shape index (κ2) is 9.15. The van der Waals surface area contributed by atoms with Gasteiger partial charge in [0.25, 0.3) is 5.91 Å². The summed E-state index contributed by atoms with van der Waals surface area (Å²) in [4.78, 5) is 27.2. The summed E-state index contributed by atoms with van der Waals surface area (Å²) in [6.45, 7) is 9.13. The number of primary sulfonamides is 1. The van der Waals surface area contributed by atoms with Gasteiger partial charge in [-0.15, -0.1) is 0 Å². The first-order valence-electron chi connectivity index (χ1n) is 10.8. The zero-order valence-corrected chi connectivity index (χ0v) is 20.3. The van der Waals surface area contributed by atoms with Crippen LogP contribution in [-0.4, -0.2) is 38.0 Å². The lowest BCUT2D eigenvalue weighted by Gasteiger charge is -2.23. The standard InChI is InChI=1S/C24H30N2O6S/c1-13(2)16-10-19(14(3)4)23(28)20(11-16)24(29)32-12-22(27)26-15(5)8-17-9-18(33(25,30)31)6-7-21(17)26/h6-7,9-11,13-15,28H,8,12H2,1-5H3,(H2,25,30,31). The molecule has 2 aromatic rings. The van der Waals surface area contributed by atoms with Gasteiger partial charge in [0.05, 0.1) is 4.90 Å². The van der Waals surface area contributed by atoms with Crippen LogP contribution in [0.4, 0.5) is 5.69 Å². The Bertz CT molecular complexity index is 1200. The maximum atomic E-state index is 12.9. The Morgan fingerprint density at radius 2 is 1.82 bits per heavy atom. The molecule has 3 N–H and O–H groups in total. The molecule has 0 fully saturated rings. The van der Waals surface area contributed by atoms with Crippen molar-refractivity contribution in [1.29, 1.82) is 0 Å². The predicted octanol–water partition coefficient (Wildman–Crippen LogP) is 3.42. The largest absolute Gasteiger partial charge is 0.507 e. The Labute approximate surface area is 194 Å². The summed E-state index contributed by atoms with van der Waals surface area (Å²) in [6.07, 6.45) is 0.452. The van der Waals surface area contributed by atoms with E-state index in [1.165, 1.54) is 23.1 Å². The average molecular weight is 475 g/mol. The smallest absolute Gasteiger partial charge is 0.342 e. The van der Waals surface area contributed by atoms with Crippen LogP contribution in [0.25, 0.3) is 0 Å². The van der Waals surface area contributed by atoms with Crippen molar-refractivity contribution >= 4 is 27.6 Å². The third-order valence-electron chi connectivity index (χ3n) is 5.86. The lowest BCUT2D eigenvalue weighted by molar-refractivity contribution is -0.122. The maximum absolute atomic E-state index is 12.9. The minimum atomic E-state index is -3.85. The Kier molecular flexibility index (Phi) is 6.85. The number of hydrogen-bond acceptors (Lipinski definition) is 6. The van der Waals surface area contributed by atoms with Crippen LogP contribution in [0.5, 0.6) is 5.75 Å². The number of hydrogen-bond donors (Lipinski definition) is 2. The number of phenolic OH excluding ortho intramolecular Hbond substituents is 1. The van der Waals surface area contributed by atoms with Crippen LogP contribution in [0.1, 0.15) is 73.5 Å². The zero-order valence-electron chi connectivity index (χ0n) is 19.5. The summed E-state index contributed by atoms with van der Waals surface area (Å²) in [7, 11) is -3.85. The number of aromatic hydroxyl groups is 1. The van der Waals surface area contributed by atoms with E-state index in [4.69, 9.17) is 9.88 Å². The van der Waals surface area contributed by atoms with Crippen molar-refractivity contribution < 1.29 is 27.9 Å². The Morgan fingerprint density at radius 1 is 1.15 bits per heavy atom. The van der Waals surface area contributed by atoms with E-state index in [2.05, 4.69) is 0 Å². The van der Waals surface area contributed by atoms with Crippen molar-refractivity contribution in [3.05, 3.63) is 52.6 Å². The normalized spacial score (nSPS) is 15.8. The number of sulfonamides is 1. The number of fused-ring (bicyclic) bond motifs is 1. The molecule has 1 aliphatic rings. The maximum Gasteiger partial charge on any atom is 0.342 e. The van der Waals surface area contributed by atoms with Gasteiger partial charge in [-0.1, -0.05) is 33.8 Å². The number of carbonyl (C=O) groups is 2. The van der Waals surface area contributed by atoms with Crippen LogP contribution in [0, 0.1) is 0 Å². The molecule has 1 unspecified atom stereocenters. The Hall–Kier alpha value is -2.91. The molecule has 0 spiro atoms. The molecular formula is C24H30N2O6S. The molecule has 8 nitrogen and oxygen atoms in total. The summed E-state index contributed by atoms with van der Waals surface area (Å²) in [6, 6.07) is 7.58. The second-order valence-electron chi connectivity index (χ2n) is 9.04. The number of nitrogens with zero attached hydrogens (tertiary/aromatic N) is 1. The minimum Gasteiger partial charge on any atom is -0.507 e. The quantitative estimate of drug-likeness (QED) is 0.618. The van der Waals surface area contributed by atoms with Crippen LogP contribution < -0.4 is 10.0 Å². The molecule has 33 heavy (non-hydrogen) atoms. The Balaban J connectivity index is 1.80. The highest BCUT2D eigenvalue weighted by molar-refractivity contribution is 7.89. The highest BCUT2D eigenvalue weighted by atomic mass is 32.2. The fourth-order valence-electron chi connectivity index (χ4n) is 4.05. The van der Waals surface area contributed by atoms with E-state index in [0.29, 0.717) is 23.2 Å². The lowest BCUT2D eigenvalue weighted by atomic mass is 9.92. The van der Waals surface area contributed by atoms with Gasteiger partial charge in [-0.3, -0.25) is 4.79 Å². The van der Waals surface area contributed by atoms with Gasteiger partial charge >= 0.3 is 5.97 Å². The molecule has 0 bridgehead atoms. The monoisotopic (exact) mass is 474 g/mol. The highest BCUT2D eigenvalue weighted by Crippen LogP contribution is 2.35. The van der Waals surface area contributed by atoms with Crippen LogP contribution in [-0.2, 0) is 26.0 Å². The molecule has 0 saturated heterocycles. The number of benzene rings is 2. The molecule has 1 aliphatic heterocycles. The number of rotatable bonds is 6. The Morgan fingerprint density at radius 3 is 2.39 bits per heavy atom. The number of ether oxygens (including phenoxy) is 1. The summed E-state index contributed by atoms with van der Waals surface area (Å²) in [5.41, 5.74) is 2.81. The summed E-state index contributed by atoms with van der Waals surface area (Å²) >= 11 is 0. The molecule has 178 valence electrons. The first kappa shape index (κ1) is 24.7. The van der Waals surface area contributed by atoms with Crippen molar-refractivity contribution in [3.8, 4) is 5.75 Å². The van der Waals surface area contributed by atoms with Gasteiger partial charge in [-0.2, -0.15) is 0 Å².